The van der Waals surface area contributed by atoms with E-state index in [1.807, 2.05) is 19.1 Å². The topological polar surface area (TPSA) is 59.5 Å². The first-order valence-corrected chi connectivity index (χ1v) is 8.36. The van der Waals surface area contributed by atoms with E-state index in [4.69, 9.17) is 4.42 Å². The van der Waals surface area contributed by atoms with Crippen molar-refractivity contribution in [3.63, 3.8) is 0 Å². The molecule has 1 aliphatic heterocycles. The predicted molar refractivity (Wildman–Crippen MR) is 87.7 cm³/mol. The van der Waals surface area contributed by atoms with E-state index in [1.54, 1.807) is 12.1 Å². The van der Waals surface area contributed by atoms with Crippen LogP contribution in [0.1, 0.15) is 49.6 Å². The second kappa shape index (κ2) is 6.09. The quantitative estimate of drug-likeness (QED) is 0.718. The Bertz CT molecular complexity index is 890. The smallest absolute Gasteiger partial charge is 0.299 e. The van der Waals surface area contributed by atoms with Crippen LogP contribution >= 0.6 is 0 Å². The van der Waals surface area contributed by atoms with E-state index in [0.717, 1.165) is 35.4 Å². The van der Waals surface area contributed by atoms with E-state index in [0.29, 0.717) is 17.4 Å². The van der Waals surface area contributed by atoms with E-state index in [1.165, 1.54) is 0 Å². The summed E-state index contributed by atoms with van der Waals surface area (Å²) < 4.78 is 33.2. The Morgan fingerprint density at radius 1 is 1.20 bits per heavy atom. The van der Waals surface area contributed by atoms with Crippen LogP contribution in [0.25, 0.3) is 5.65 Å². The predicted octanol–water partition coefficient (Wildman–Crippen LogP) is 3.94. The summed E-state index contributed by atoms with van der Waals surface area (Å²) in [5.41, 5.74) is 0.315. The summed E-state index contributed by atoms with van der Waals surface area (Å²) in [6, 6.07) is 7.43. The van der Waals surface area contributed by atoms with Crippen LogP contribution in [0.4, 0.5) is 14.6 Å². The van der Waals surface area contributed by atoms with Gasteiger partial charge in [-0.1, -0.05) is 6.92 Å². The minimum Gasteiger partial charge on any atom is -0.464 e. The zero-order valence-corrected chi connectivity index (χ0v) is 14.1. The summed E-state index contributed by atoms with van der Waals surface area (Å²) in [5.74, 6) is 2.48. The number of halogens is 2. The molecule has 8 heteroatoms. The highest BCUT2D eigenvalue weighted by molar-refractivity contribution is 5.47. The monoisotopic (exact) mass is 347 g/mol. The van der Waals surface area contributed by atoms with Crippen molar-refractivity contribution in [3.8, 4) is 0 Å². The number of hydrogen-bond donors (Lipinski definition) is 0. The van der Waals surface area contributed by atoms with Crippen LogP contribution in [0.3, 0.4) is 0 Å². The van der Waals surface area contributed by atoms with E-state index in [9.17, 15) is 8.78 Å². The molecule has 0 bridgehead atoms. The summed E-state index contributed by atoms with van der Waals surface area (Å²) in [4.78, 5) is 2.12. The number of alkyl halides is 2. The van der Waals surface area contributed by atoms with Crippen molar-refractivity contribution >= 4 is 11.5 Å². The Balaban J connectivity index is 1.75. The maximum atomic E-state index is 13.1. The van der Waals surface area contributed by atoms with Crippen molar-refractivity contribution in [2.24, 2.45) is 5.92 Å². The third kappa shape index (κ3) is 2.85. The molecule has 1 fully saturated rings. The van der Waals surface area contributed by atoms with Gasteiger partial charge in [-0.25, -0.2) is 8.78 Å². The maximum absolute atomic E-state index is 13.1. The lowest BCUT2D eigenvalue weighted by atomic mass is 9.91. The lowest BCUT2D eigenvalue weighted by Gasteiger charge is -2.38. The van der Waals surface area contributed by atoms with Crippen LogP contribution in [0.2, 0.25) is 0 Å². The molecular formula is C17H19F2N5O. The van der Waals surface area contributed by atoms with Gasteiger partial charge in [-0.15, -0.1) is 15.3 Å². The maximum Gasteiger partial charge on any atom is 0.299 e. The van der Waals surface area contributed by atoms with Gasteiger partial charge in [0.15, 0.2) is 5.65 Å². The second-order valence-corrected chi connectivity index (χ2v) is 6.61. The molecular weight excluding hydrogens is 328 g/mol. The number of fused-ring (bicyclic) bond motifs is 1. The minimum absolute atomic E-state index is 0.0360. The highest BCUT2D eigenvalue weighted by Crippen LogP contribution is 2.37. The molecule has 1 aliphatic rings. The van der Waals surface area contributed by atoms with Gasteiger partial charge in [0.2, 0.25) is 5.82 Å². The van der Waals surface area contributed by atoms with Gasteiger partial charge < -0.3 is 9.32 Å². The van der Waals surface area contributed by atoms with Gasteiger partial charge in [0.05, 0.1) is 6.04 Å². The molecule has 0 N–H and O–H groups in total. The fraction of sp³-hybridized carbons (Fsp3) is 0.471. The average molecular weight is 347 g/mol. The molecule has 0 radical (unpaired) electrons. The molecule has 0 aromatic carbocycles. The summed E-state index contributed by atoms with van der Waals surface area (Å²) >= 11 is 0. The fourth-order valence-electron chi connectivity index (χ4n) is 3.40. The molecule has 25 heavy (non-hydrogen) atoms. The molecule has 2 atom stereocenters. The van der Waals surface area contributed by atoms with Gasteiger partial charge in [-0.05, 0) is 49.9 Å². The first-order valence-electron chi connectivity index (χ1n) is 8.36. The molecule has 0 spiro atoms. The SMILES string of the molecule is Cc1ccc(C2CC(C)CCN2c2ccc3nnc(C(F)F)n3n2)o1. The zero-order chi connectivity index (χ0) is 17.6. The number of aryl methyl sites for hydroxylation is 1. The van der Waals surface area contributed by atoms with Gasteiger partial charge >= 0.3 is 0 Å². The second-order valence-electron chi connectivity index (χ2n) is 6.61. The first-order chi connectivity index (χ1) is 12.0. The molecule has 3 aromatic heterocycles. The summed E-state index contributed by atoms with van der Waals surface area (Å²) in [5, 5.41) is 11.7. The Morgan fingerprint density at radius 3 is 2.76 bits per heavy atom. The van der Waals surface area contributed by atoms with Gasteiger partial charge in [-0.3, -0.25) is 0 Å². The van der Waals surface area contributed by atoms with Crippen LogP contribution in [0, 0.1) is 12.8 Å². The highest BCUT2D eigenvalue weighted by atomic mass is 19.3. The third-order valence-electron chi connectivity index (χ3n) is 4.72. The number of anilines is 1. The van der Waals surface area contributed by atoms with Gasteiger partial charge in [-0.2, -0.15) is 4.52 Å². The van der Waals surface area contributed by atoms with Crippen LogP contribution in [-0.2, 0) is 0 Å². The number of hydrogen-bond acceptors (Lipinski definition) is 5. The van der Waals surface area contributed by atoms with E-state index in [-0.39, 0.29) is 6.04 Å². The zero-order valence-electron chi connectivity index (χ0n) is 14.1. The molecule has 6 nitrogen and oxygen atoms in total. The Kier molecular flexibility index (Phi) is 3.89. The highest BCUT2D eigenvalue weighted by Gasteiger charge is 2.31. The van der Waals surface area contributed by atoms with Crippen molar-refractivity contribution in [2.45, 2.75) is 39.2 Å². The molecule has 0 aliphatic carbocycles. The molecule has 4 heterocycles. The van der Waals surface area contributed by atoms with Crippen LogP contribution < -0.4 is 4.90 Å². The number of aromatic nitrogens is 4. The molecule has 0 saturated carbocycles. The lowest BCUT2D eigenvalue weighted by molar-refractivity contribution is 0.137. The van der Waals surface area contributed by atoms with E-state index >= 15 is 0 Å². The standard InChI is InChI=1S/C17H19F2N5O/c1-10-7-8-23(12(9-10)13-4-3-11(2)25-13)15-6-5-14-20-21-17(16(18)19)24(14)22-15/h3-6,10,12,16H,7-9H2,1-2H3. The summed E-state index contributed by atoms with van der Waals surface area (Å²) in [6.07, 6.45) is -0.779. The van der Waals surface area contributed by atoms with Gasteiger partial charge in [0.1, 0.15) is 17.3 Å². The Labute approximate surface area is 143 Å². The third-order valence-corrected chi connectivity index (χ3v) is 4.72. The van der Waals surface area contributed by atoms with Crippen molar-refractivity contribution in [2.75, 3.05) is 11.4 Å². The van der Waals surface area contributed by atoms with E-state index in [2.05, 4.69) is 27.1 Å². The minimum atomic E-state index is -2.72. The molecule has 4 rings (SSSR count). The largest absolute Gasteiger partial charge is 0.464 e. The van der Waals surface area contributed by atoms with Crippen LogP contribution in [-0.4, -0.2) is 26.4 Å². The Morgan fingerprint density at radius 2 is 2.04 bits per heavy atom. The van der Waals surface area contributed by atoms with Crippen molar-refractivity contribution in [1.82, 2.24) is 19.8 Å². The number of rotatable bonds is 3. The van der Waals surface area contributed by atoms with E-state index < -0.39 is 12.2 Å². The normalized spacial score (nSPS) is 21.4. The first kappa shape index (κ1) is 16.0. The van der Waals surface area contributed by atoms with Crippen molar-refractivity contribution in [1.29, 1.82) is 0 Å². The van der Waals surface area contributed by atoms with Crippen molar-refractivity contribution in [3.05, 3.63) is 41.6 Å². The molecule has 2 unspecified atom stereocenters. The summed E-state index contributed by atoms with van der Waals surface area (Å²) in [6.45, 7) is 4.91. The van der Waals surface area contributed by atoms with Gasteiger partial charge in [0.25, 0.3) is 6.43 Å². The van der Waals surface area contributed by atoms with Gasteiger partial charge in [0, 0.05) is 6.54 Å². The Hall–Kier alpha value is -2.51. The molecule has 132 valence electrons. The lowest BCUT2D eigenvalue weighted by Crippen LogP contribution is -2.37. The average Bonchev–Trinajstić information content (AvgIpc) is 3.20. The van der Waals surface area contributed by atoms with Crippen LogP contribution in [0.15, 0.2) is 28.7 Å². The van der Waals surface area contributed by atoms with Crippen LogP contribution in [0.5, 0.6) is 0 Å². The van der Waals surface area contributed by atoms with Crippen molar-refractivity contribution < 1.29 is 13.2 Å². The molecule has 0 amide bonds. The fourth-order valence-corrected chi connectivity index (χ4v) is 3.40. The summed E-state index contributed by atoms with van der Waals surface area (Å²) in [7, 11) is 0. The number of furan rings is 1. The number of nitrogens with zero attached hydrogens (tertiary/aromatic N) is 5. The molecule has 1 saturated heterocycles. The molecule has 3 aromatic rings. The number of piperidine rings is 1.